The van der Waals surface area contributed by atoms with Crippen molar-refractivity contribution >= 4 is 17.4 Å². The Balaban J connectivity index is 1.67. The summed E-state index contributed by atoms with van der Waals surface area (Å²) < 4.78 is 2.72. The molecule has 1 aliphatic rings. The van der Waals surface area contributed by atoms with Gasteiger partial charge in [-0.1, -0.05) is 37.1 Å². The number of nitrogen functional groups attached to an aromatic ring is 1. The number of rotatable bonds is 7. The number of aromatic nitrogens is 2. The Labute approximate surface area is 176 Å². The second-order valence-corrected chi connectivity index (χ2v) is 8.13. The van der Waals surface area contributed by atoms with Crippen LogP contribution in [0.3, 0.4) is 0 Å². The molecule has 3 rings (SSSR count). The number of hydrogen-bond acceptors (Lipinski definition) is 5. The Morgan fingerprint density at radius 2 is 1.59 bits per heavy atom. The first-order chi connectivity index (χ1) is 13.9. The lowest BCUT2D eigenvalue weighted by Crippen LogP contribution is -2.47. The third-order valence-electron chi connectivity index (χ3n) is 5.58. The molecule has 2 N–H and O–H groups in total. The average Bonchev–Trinajstić information content (AvgIpc) is 2.72. The van der Waals surface area contributed by atoms with E-state index in [1.165, 1.54) is 21.7 Å². The molecule has 0 radical (unpaired) electrons. The number of anilines is 1. The van der Waals surface area contributed by atoms with Crippen LogP contribution in [0, 0.1) is 0 Å². The minimum Gasteiger partial charge on any atom is -0.385 e. The van der Waals surface area contributed by atoms with Crippen LogP contribution >= 0.6 is 11.6 Å². The molecule has 29 heavy (non-hydrogen) atoms. The van der Waals surface area contributed by atoms with Crippen molar-refractivity contribution in [2.45, 2.75) is 39.4 Å². The van der Waals surface area contributed by atoms with Gasteiger partial charge in [0.25, 0.3) is 5.56 Å². The molecule has 1 fully saturated rings. The van der Waals surface area contributed by atoms with Crippen molar-refractivity contribution in [3.63, 3.8) is 0 Å². The van der Waals surface area contributed by atoms with E-state index in [-0.39, 0.29) is 11.2 Å². The third-order valence-corrected chi connectivity index (χ3v) is 5.83. The van der Waals surface area contributed by atoms with Crippen LogP contribution in [0.25, 0.3) is 0 Å². The maximum Gasteiger partial charge on any atom is 0.332 e. The van der Waals surface area contributed by atoms with E-state index in [0.717, 1.165) is 50.6 Å². The fourth-order valence-corrected chi connectivity index (χ4v) is 3.83. The minimum absolute atomic E-state index is 0.288. The van der Waals surface area contributed by atoms with Gasteiger partial charge in [0.05, 0.1) is 5.56 Å². The van der Waals surface area contributed by atoms with Crippen molar-refractivity contribution in [2.24, 2.45) is 7.05 Å². The molecule has 0 spiro atoms. The first-order valence-electron chi connectivity index (χ1n) is 10.2. The highest BCUT2D eigenvalue weighted by Gasteiger charge is 2.21. The maximum absolute atomic E-state index is 12.7. The van der Waals surface area contributed by atoms with Gasteiger partial charge in [-0.2, -0.15) is 0 Å². The Kier molecular flexibility index (Phi) is 7.16. The maximum atomic E-state index is 12.7. The summed E-state index contributed by atoms with van der Waals surface area (Å²) in [6, 6.07) is 7.94. The molecule has 2 aromatic rings. The molecule has 0 atom stereocenters. The van der Waals surface area contributed by atoms with Crippen LogP contribution in [0.4, 0.5) is 5.82 Å². The van der Waals surface area contributed by atoms with Gasteiger partial charge in [-0.15, -0.1) is 0 Å². The lowest BCUT2D eigenvalue weighted by Gasteiger charge is -2.35. The van der Waals surface area contributed by atoms with Crippen LogP contribution < -0.4 is 17.0 Å². The fourth-order valence-electron chi connectivity index (χ4n) is 3.70. The molecule has 1 saturated heterocycles. The number of hydrogen-bond donors (Lipinski definition) is 1. The summed E-state index contributed by atoms with van der Waals surface area (Å²) in [7, 11) is 1.53. The summed E-state index contributed by atoms with van der Waals surface area (Å²) in [5.41, 5.74) is 7.39. The smallest absolute Gasteiger partial charge is 0.332 e. The number of halogens is 1. The van der Waals surface area contributed by atoms with Gasteiger partial charge < -0.3 is 5.73 Å². The molecule has 7 nitrogen and oxygen atoms in total. The van der Waals surface area contributed by atoms with E-state index in [4.69, 9.17) is 17.3 Å². The van der Waals surface area contributed by atoms with E-state index in [1.807, 2.05) is 12.1 Å². The molecule has 1 aliphatic heterocycles. The molecular formula is C21H30ClN5O2. The molecule has 158 valence electrons. The number of piperazine rings is 1. The summed E-state index contributed by atoms with van der Waals surface area (Å²) in [5.74, 6) is 0.315. The molecule has 0 bridgehead atoms. The number of nitrogens with two attached hydrogens (primary N) is 1. The van der Waals surface area contributed by atoms with Crippen LogP contribution in [0.1, 0.15) is 30.9 Å². The standard InChI is InChI=1S/C21H30ClN5O2/c1-3-4-9-27-19(23)18(20(28)24(2)21(27)29)15-26-12-10-25(11-13-26)14-16-5-7-17(22)8-6-16/h5-8H,3-4,9-15,23H2,1-2H3. The summed E-state index contributed by atoms with van der Waals surface area (Å²) in [4.78, 5) is 29.7. The molecule has 2 heterocycles. The lowest BCUT2D eigenvalue weighted by molar-refractivity contribution is 0.121. The van der Waals surface area contributed by atoms with E-state index in [2.05, 4.69) is 28.9 Å². The van der Waals surface area contributed by atoms with Crippen molar-refractivity contribution in [1.29, 1.82) is 0 Å². The SMILES string of the molecule is CCCCn1c(N)c(CN2CCN(Cc3ccc(Cl)cc3)CC2)c(=O)n(C)c1=O. The second-order valence-electron chi connectivity index (χ2n) is 7.69. The van der Waals surface area contributed by atoms with Gasteiger partial charge in [-0.25, -0.2) is 4.79 Å². The molecule has 1 aromatic heterocycles. The van der Waals surface area contributed by atoms with Crippen LogP contribution in [-0.2, 0) is 26.7 Å². The predicted molar refractivity (Wildman–Crippen MR) is 117 cm³/mol. The van der Waals surface area contributed by atoms with Crippen LogP contribution in [0.5, 0.6) is 0 Å². The summed E-state index contributed by atoms with van der Waals surface area (Å²) >= 11 is 5.96. The first kappa shape index (κ1) is 21.6. The second kappa shape index (κ2) is 9.61. The number of nitrogens with zero attached hydrogens (tertiary/aromatic N) is 4. The van der Waals surface area contributed by atoms with Gasteiger partial charge in [-0.05, 0) is 24.1 Å². The molecule has 8 heteroatoms. The van der Waals surface area contributed by atoms with Crippen LogP contribution in [0.2, 0.25) is 5.02 Å². The Morgan fingerprint density at radius 3 is 2.17 bits per heavy atom. The van der Waals surface area contributed by atoms with Crippen molar-refractivity contribution in [1.82, 2.24) is 18.9 Å². The summed E-state index contributed by atoms with van der Waals surface area (Å²) in [5, 5.41) is 0.748. The fraction of sp³-hybridized carbons (Fsp3) is 0.524. The van der Waals surface area contributed by atoms with Crippen LogP contribution in [-0.4, -0.2) is 45.1 Å². The predicted octanol–water partition coefficient (Wildman–Crippen LogP) is 1.90. The van der Waals surface area contributed by atoms with E-state index < -0.39 is 0 Å². The van der Waals surface area contributed by atoms with Gasteiger partial charge >= 0.3 is 5.69 Å². The third kappa shape index (κ3) is 5.10. The quantitative estimate of drug-likeness (QED) is 0.741. The minimum atomic E-state index is -0.336. The lowest BCUT2D eigenvalue weighted by atomic mass is 10.2. The average molecular weight is 420 g/mol. The highest BCUT2D eigenvalue weighted by Crippen LogP contribution is 2.15. The molecule has 0 saturated carbocycles. The Morgan fingerprint density at radius 1 is 1.00 bits per heavy atom. The zero-order valence-electron chi connectivity index (χ0n) is 17.2. The van der Waals surface area contributed by atoms with Crippen molar-refractivity contribution in [2.75, 3.05) is 31.9 Å². The molecule has 0 amide bonds. The van der Waals surface area contributed by atoms with Crippen molar-refractivity contribution in [3.8, 4) is 0 Å². The van der Waals surface area contributed by atoms with Crippen LogP contribution in [0.15, 0.2) is 33.9 Å². The van der Waals surface area contributed by atoms with Gasteiger partial charge in [0.1, 0.15) is 5.82 Å². The summed E-state index contributed by atoms with van der Waals surface area (Å²) in [6.45, 7) is 7.49. The zero-order chi connectivity index (χ0) is 21.0. The highest BCUT2D eigenvalue weighted by molar-refractivity contribution is 6.30. The number of benzene rings is 1. The number of unbranched alkanes of at least 4 members (excludes halogenated alkanes) is 1. The van der Waals surface area contributed by atoms with Gasteiger partial charge in [0.2, 0.25) is 0 Å². The van der Waals surface area contributed by atoms with Crippen molar-refractivity contribution in [3.05, 3.63) is 61.3 Å². The van der Waals surface area contributed by atoms with E-state index in [0.29, 0.717) is 24.5 Å². The topological polar surface area (TPSA) is 76.5 Å². The molecule has 1 aromatic carbocycles. The Bertz CT molecular complexity index is 943. The monoisotopic (exact) mass is 419 g/mol. The summed E-state index contributed by atoms with van der Waals surface area (Å²) in [6.07, 6.45) is 1.81. The van der Waals surface area contributed by atoms with Crippen molar-refractivity contribution < 1.29 is 0 Å². The zero-order valence-corrected chi connectivity index (χ0v) is 18.0. The molecule has 0 aliphatic carbocycles. The molecule has 0 unspecified atom stereocenters. The van der Waals surface area contributed by atoms with Gasteiger partial charge in [0.15, 0.2) is 0 Å². The largest absolute Gasteiger partial charge is 0.385 e. The Hall–Kier alpha value is -2.09. The molecular weight excluding hydrogens is 390 g/mol. The van der Waals surface area contributed by atoms with E-state index in [1.54, 1.807) is 0 Å². The first-order valence-corrected chi connectivity index (χ1v) is 10.6. The van der Waals surface area contributed by atoms with Gasteiger partial charge in [0, 0.05) is 57.9 Å². The normalized spacial score (nSPS) is 15.7. The highest BCUT2D eigenvalue weighted by atomic mass is 35.5. The van der Waals surface area contributed by atoms with E-state index in [9.17, 15) is 9.59 Å². The van der Waals surface area contributed by atoms with E-state index >= 15 is 0 Å². The van der Waals surface area contributed by atoms with Gasteiger partial charge in [-0.3, -0.25) is 23.7 Å².